The fourth-order valence-corrected chi connectivity index (χ4v) is 4.24. The van der Waals surface area contributed by atoms with Crippen molar-refractivity contribution in [1.29, 1.82) is 0 Å². The topological polar surface area (TPSA) is 45.4 Å². The third-order valence-corrected chi connectivity index (χ3v) is 5.54. The zero-order valence-electron chi connectivity index (χ0n) is 14.1. The lowest BCUT2D eigenvalue weighted by Crippen LogP contribution is -2.45. The molecule has 1 saturated heterocycles. The van der Waals surface area contributed by atoms with Gasteiger partial charge in [-0.25, -0.2) is 4.98 Å². The van der Waals surface area contributed by atoms with Crippen molar-refractivity contribution in [3.05, 3.63) is 59.1 Å². The van der Waals surface area contributed by atoms with Crippen molar-refractivity contribution in [2.24, 2.45) is 0 Å². The van der Waals surface area contributed by atoms with Crippen molar-refractivity contribution in [2.75, 3.05) is 31.9 Å². The number of nitrogen functional groups attached to an aromatic ring is 1. The molecule has 0 saturated carbocycles. The molecule has 0 radical (unpaired) electrons. The zero-order chi connectivity index (χ0) is 16.4. The molecular weight excluding hydrogens is 352 g/mol. The molecule has 2 N–H and O–H groups in total. The van der Waals surface area contributed by atoms with Gasteiger partial charge in [0.25, 0.3) is 0 Å². The molecule has 0 amide bonds. The van der Waals surface area contributed by atoms with Crippen LogP contribution in [0.25, 0.3) is 10.2 Å². The average Bonchev–Trinajstić information content (AvgIpc) is 2.99. The number of rotatable bonds is 4. The molecular formula is C19H23ClN4S. The van der Waals surface area contributed by atoms with E-state index in [-0.39, 0.29) is 12.4 Å². The van der Waals surface area contributed by atoms with Crippen LogP contribution < -0.4 is 5.73 Å². The van der Waals surface area contributed by atoms with Gasteiger partial charge < -0.3 is 5.73 Å². The summed E-state index contributed by atoms with van der Waals surface area (Å²) in [6.45, 7) is 6.33. The summed E-state index contributed by atoms with van der Waals surface area (Å²) in [6.07, 6.45) is 0. The molecule has 3 aromatic rings. The van der Waals surface area contributed by atoms with Gasteiger partial charge in [-0.15, -0.1) is 23.7 Å². The van der Waals surface area contributed by atoms with E-state index >= 15 is 0 Å². The molecule has 1 fully saturated rings. The summed E-state index contributed by atoms with van der Waals surface area (Å²) < 4.78 is 1.29. The molecule has 6 heteroatoms. The van der Waals surface area contributed by atoms with E-state index in [2.05, 4.69) is 46.2 Å². The molecule has 0 spiro atoms. The number of hydrogen-bond acceptors (Lipinski definition) is 5. The third kappa shape index (κ3) is 4.50. The molecule has 1 aliphatic rings. The van der Waals surface area contributed by atoms with Crippen LogP contribution in [0.5, 0.6) is 0 Å². The largest absolute Gasteiger partial charge is 0.399 e. The Kier molecular flexibility index (Phi) is 5.91. The maximum Gasteiger partial charge on any atom is 0.108 e. The van der Waals surface area contributed by atoms with E-state index < -0.39 is 0 Å². The van der Waals surface area contributed by atoms with Crippen LogP contribution in [-0.4, -0.2) is 41.0 Å². The predicted octanol–water partition coefficient (Wildman–Crippen LogP) is 3.62. The number of aromatic nitrogens is 1. The molecule has 25 heavy (non-hydrogen) atoms. The van der Waals surface area contributed by atoms with Gasteiger partial charge in [-0.05, 0) is 29.8 Å². The highest BCUT2D eigenvalue weighted by Gasteiger charge is 2.18. The molecule has 132 valence electrons. The average molecular weight is 375 g/mol. The number of anilines is 1. The summed E-state index contributed by atoms with van der Waals surface area (Å²) in [5.74, 6) is 0. The molecule has 0 unspecified atom stereocenters. The van der Waals surface area contributed by atoms with Crippen molar-refractivity contribution < 1.29 is 0 Å². The molecule has 2 heterocycles. The summed E-state index contributed by atoms with van der Waals surface area (Å²) in [5.41, 5.74) is 9.14. The Balaban J connectivity index is 0.00000182. The normalized spacial score (nSPS) is 16.0. The monoisotopic (exact) mass is 374 g/mol. The van der Waals surface area contributed by atoms with E-state index in [1.807, 2.05) is 23.5 Å². The lowest BCUT2D eigenvalue weighted by atomic mass is 10.2. The van der Waals surface area contributed by atoms with Gasteiger partial charge in [-0.3, -0.25) is 9.80 Å². The summed E-state index contributed by atoms with van der Waals surface area (Å²) in [6, 6.07) is 16.6. The Hall–Kier alpha value is -1.66. The van der Waals surface area contributed by atoms with Crippen molar-refractivity contribution in [2.45, 2.75) is 13.1 Å². The number of benzene rings is 2. The number of thiazole rings is 1. The van der Waals surface area contributed by atoms with Crippen LogP contribution in [0.4, 0.5) is 5.69 Å². The lowest BCUT2D eigenvalue weighted by molar-refractivity contribution is 0.122. The summed E-state index contributed by atoms with van der Waals surface area (Å²) in [7, 11) is 0. The fourth-order valence-electron chi connectivity index (χ4n) is 3.23. The number of hydrogen-bond donors (Lipinski definition) is 1. The smallest absolute Gasteiger partial charge is 0.108 e. The van der Waals surface area contributed by atoms with Gasteiger partial charge in [0.2, 0.25) is 0 Å². The minimum absolute atomic E-state index is 0. The van der Waals surface area contributed by atoms with Crippen LogP contribution in [-0.2, 0) is 13.1 Å². The van der Waals surface area contributed by atoms with Crippen LogP contribution in [0.3, 0.4) is 0 Å². The first-order valence-electron chi connectivity index (χ1n) is 8.40. The first kappa shape index (κ1) is 18.1. The number of halogens is 1. The molecule has 4 rings (SSSR count). The molecule has 0 aliphatic carbocycles. The second-order valence-corrected chi connectivity index (χ2v) is 7.49. The van der Waals surface area contributed by atoms with Gasteiger partial charge in [0.1, 0.15) is 5.01 Å². The van der Waals surface area contributed by atoms with Crippen LogP contribution >= 0.6 is 23.7 Å². The molecule has 2 aromatic carbocycles. The van der Waals surface area contributed by atoms with Gasteiger partial charge in [0.05, 0.1) is 16.8 Å². The van der Waals surface area contributed by atoms with Crippen LogP contribution in [0.2, 0.25) is 0 Å². The Morgan fingerprint density at radius 3 is 2.36 bits per heavy atom. The first-order valence-corrected chi connectivity index (χ1v) is 9.21. The standard InChI is InChI=1S/C19H22N4S.ClH/c20-16-5-3-4-15(12-16)13-22-8-10-23(11-9-22)14-19-21-17-6-1-2-7-18(17)24-19;/h1-7,12H,8-11,13-14,20H2;1H. The number of piperazine rings is 1. The number of nitrogens with zero attached hydrogens (tertiary/aromatic N) is 3. The molecule has 1 aromatic heterocycles. The minimum atomic E-state index is 0. The first-order chi connectivity index (χ1) is 11.8. The molecule has 4 nitrogen and oxygen atoms in total. The Bertz CT molecular complexity index is 794. The SMILES string of the molecule is Cl.Nc1cccc(CN2CCN(Cc3nc4ccccc4s3)CC2)c1. The Labute approximate surface area is 158 Å². The van der Waals surface area contributed by atoms with E-state index in [0.717, 1.165) is 50.5 Å². The minimum Gasteiger partial charge on any atom is -0.399 e. The van der Waals surface area contributed by atoms with Crippen molar-refractivity contribution in [1.82, 2.24) is 14.8 Å². The highest BCUT2D eigenvalue weighted by Crippen LogP contribution is 2.23. The van der Waals surface area contributed by atoms with E-state index in [4.69, 9.17) is 10.7 Å². The van der Waals surface area contributed by atoms with Crippen LogP contribution in [0.1, 0.15) is 10.6 Å². The predicted molar refractivity (Wildman–Crippen MR) is 108 cm³/mol. The van der Waals surface area contributed by atoms with Gasteiger partial charge in [0, 0.05) is 38.4 Å². The van der Waals surface area contributed by atoms with E-state index in [1.54, 1.807) is 0 Å². The van der Waals surface area contributed by atoms with Gasteiger partial charge in [-0.1, -0.05) is 24.3 Å². The van der Waals surface area contributed by atoms with E-state index in [0.29, 0.717) is 0 Å². The van der Waals surface area contributed by atoms with Gasteiger partial charge >= 0.3 is 0 Å². The third-order valence-electron chi connectivity index (χ3n) is 4.52. The Morgan fingerprint density at radius 1 is 0.920 bits per heavy atom. The summed E-state index contributed by atoms with van der Waals surface area (Å²) >= 11 is 1.82. The molecule has 0 bridgehead atoms. The number of para-hydroxylation sites is 1. The lowest BCUT2D eigenvalue weighted by Gasteiger charge is -2.34. The maximum absolute atomic E-state index is 5.87. The van der Waals surface area contributed by atoms with Crippen LogP contribution in [0, 0.1) is 0 Å². The number of nitrogens with two attached hydrogens (primary N) is 1. The zero-order valence-corrected chi connectivity index (χ0v) is 15.7. The molecule has 1 aliphatic heterocycles. The summed E-state index contributed by atoms with van der Waals surface area (Å²) in [5, 5.41) is 1.22. The van der Waals surface area contributed by atoms with Gasteiger partial charge in [0.15, 0.2) is 0 Å². The highest BCUT2D eigenvalue weighted by molar-refractivity contribution is 7.18. The number of fused-ring (bicyclic) bond motifs is 1. The van der Waals surface area contributed by atoms with Crippen LogP contribution in [0.15, 0.2) is 48.5 Å². The fraction of sp³-hybridized carbons (Fsp3) is 0.316. The summed E-state index contributed by atoms with van der Waals surface area (Å²) in [4.78, 5) is 9.76. The molecule has 0 atom stereocenters. The quantitative estimate of drug-likeness (QED) is 0.708. The van der Waals surface area contributed by atoms with Crippen molar-refractivity contribution in [3.63, 3.8) is 0 Å². The highest BCUT2D eigenvalue weighted by atomic mass is 35.5. The Morgan fingerprint density at radius 2 is 1.64 bits per heavy atom. The second-order valence-electron chi connectivity index (χ2n) is 6.37. The second kappa shape index (κ2) is 8.15. The van der Waals surface area contributed by atoms with Crippen molar-refractivity contribution in [3.8, 4) is 0 Å². The van der Waals surface area contributed by atoms with E-state index in [9.17, 15) is 0 Å². The van der Waals surface area contributed by atoms with Crippen molar-refractivity contribution >= 4 is 39.6 Å². The van der Waals surface area contributed by atoms with E-state index in [1.165, 1.54) is 15.3 Å². The van der Waals surface area contributed by atoms with Gasteiger partial charge in [-0.2, -0.15) is 0 Å². The maximum atomic E-state index is 5.87.